The first kappa shape index (κ1) is 20.4. The highest BCUT2D eigenvalue weighted by atomic mass is 35.5. The first-order chi connectivity index (χ1) is 12.5. The van der Waals surface area contributed by atoms with Gasteiger partial charge in [0, 0.05) is 17.8 Å². The third kappa shape index (κ3) is 5.07. The van der Waals surface area contributed by atoms with E-state index in [2.05, 4.69) is 5.32 Å². The molecule has 2 aromatic carbocycles. The van der Waals surface area contributed by atoms with E-state index in [1.165, 1.54) is 6.92 Å². The fourth-order valence-electron chi connectivity index (χ4n) is 2.04. The standard InChI is InChI=1S/C16H11ClF4N2O4/c1-8(27-14-6-9(18)2-5-13(14)23(25)26)15(24)22-10-3-4-12(17)11(7-10)16(19,20)21/h2-8H,1H3,(H,22,24)/t8-/m1/s1. The number of nitro groups is 1. The van der Waals surface area contributed by atoms with Crippen LogP contribution in [0.4, 0.5) is 28.9 Å². The summed E-state index contributed by atoms with van der Waals surface area (Å²) in [5.74, 6) is -2.21. The van der Waals surface area contributed by atoms with Crippen molar-refractivity contribution in [2.24, 2.45) is 0 Å². The Balaban J connectivity index is 2.18. The van der Waals surface area contributed by atoms with Gasteiger partial charge in [-0.15, -0.1) is 0 Å². The summed E-state index contributed by atoms with van der Waals surface area (Å²) in [7, 11) is 0. The van der Waals surface area contributed by atoms with Crippen LogP contribution in [0.5, 0.6) is 5.75 Å². The van der Waals surface area contributed by atoms with Gasteiger partial charge >= 0.3 is 11.9 Å². The quantitative estimate of drug-likeness (QED) is 0.439. The number of rotatable bonds is 5. The van der Waals surface area contributed by atoms with Gasteiger partial charge in [0.1, 0.15) is 5.82 Å². The number of benzene rings is 2. The summed E-state index contributed by atoms with van der Waals surface area (Å²) in [6.07, 6.45) is -6.09. The van der Waals surface area contributed by atoms with Gasteiger partial charge in [-0.25, -0.2) is 4.39 Å². The van der Waals surface area contributed by atoms with Crippen molar-refractivity contribution >= 4 is 28.9 Å². The Morgan fingerprint density at radius 3 is 2.52 bits per heavy atom. The number of ether oxygens (including phenoxy) is 1. The van der Waals surface area contributed by atoms with Crippen LogP contribution in [0.3, 0.4) is 0 Å². The number of carbonyl (C=O) groups is 1. The molecule has 27 heavy (non-hydrogen) atoms. The largest absolute Gasteiger partial charge is 0.474 e. The zero-order valence-corrected chi connectivity index (χ0v) is 14.3. The zero-order chi connectivity index (χ0) is 20.4. The maximum Gasteiger partial charge on any atom is 0.417 e. The van der Waals surface area contributed by atoms with E-state index in [0.717, 1.165) is 30.3 Å². The molecule has 0 saturated heterocycles. The number of carbonyl (C=O) groups excluding carboxylic acids is 1. The second-order valence-electron chi connectivity index (χ2n) is 5.31. The lowest BCUT2D eigenvalue weighted by atomic mass is 10.2. The van der Waals surface area contributed by atoms with Crippen LogP contribution in [0.25, 0.3) is 0 Å². The van der Waals surface area contributed by atoms with Crippen LogP contribution in [0, 0.1) is 15.9 Å². The Labute approximate surface area is 154 Å². The Kier molecular flexibility index (Phi) is 5.89. The summed E-state index contributed by atoms with van der Waals surface area (Å²) in [4.78, 5) is 22.2. The molecule has 1 N–H and O–H groups in total. The fraction of sp³-hybridized carbons (Fsp3) is 0.188. The highest BCUT2D eigenvalue weighted by Gasteiger charge is 2.33. The molecule has 0 bridgehead atoms. The van der Waals surface area contributed by atoms with E-state index in [4.69, 9.17) is 16.3 Å². The first-order valence-corrected chi connectivity index (χ1v) is 7.65. The molecule has 0 saturated carbocycles. The van der Waals surface area contributed by atoms with Crippen molar-refractivity contribution in [3.8, 4) is 5.75 Å². The van der Waals surface area contributed by atoms with Gasteiger partial charge in [0.15, 0.2) is 6.10 Å². The normalized spacial score (nSPS) is 12.4. The number of anilines is 1. The number of nitrogens with zero attached hydrogens (tertiary/aromatic N) is 1. The molecule has 11 heteroatoms. The van der Waals surface area contributed by atoms with Gasteiger partial charge in [-0.3, -0.25) is 14.9 Å². The maximum absolute atomic E-state index is 13.3. The summed E-state index contributed by atoms with van der Waals surface area (Å²) < 4.78 is 56.9. The van der Waals surface area contributed by atoms with E-state index < -0.39 is 51.0 Å². The number of hydrogen-bond donors (Lipinski definition) is 1. The van der Waals surface area contributed by atoms with Crippen molar-refractivity contribution in [3.05, 3.63) is 62.9 Å². The van der Waals surface area contributed by atoms with Crippen LogP contribution in [-0.2, 0) is 11.0 Å². The molecule has 0 unspecified atom stereocenters. The smallest absolute Gasteiger partial charge is 0.417 e. The van der Waals surface area contributed by atoms with E-state index in [1.54, 1.807) is 0 Å². The predicted molar refractivity (Wildman–Crippen MR) is 88.2 cm³/mol. The van der Waals surface area contributed by atoms with Gasteiger partial charge in [-0.2, -0.15) is 13.2 Å². The molecular weight excluding hydrogens is 396 g/mol. The number of amides is 1. The second-order valence-corrected chi connectivity index (χ2v) is 5.72. The number of nitrogens with one attached hydrogen (secondary N) is 1. The molecule has 0 aliphatic rings. The highest BCUT2D eigenvalue weighted by molar-refractivity contribution is 6.31. The van der Waals surface area contributed by atoms with Crippen molar-refractivity contribution in [2.45, 2.75) is 19.2 Å². The lowest BCUT2D eigenvalue weighted by Crippen LogP contribution is -2.30. The van der Waals surface area contributed by atoms with Gasteiger partial charge in [-0.05, 0) is 31.2 Å². The Bertz CT molecular complexity index is 889. The Morgan fingerprint density at radius 1 is 1.26 bits per heavy atom. The third-order valence-electron chi connectivity index (χ3n) is 3.33. The van der Waals surface area contributed by atoms with Crippen LogP contribution in [0.1, 0.15) is 12.5 Å². The van der Waals surface area contributed by atoms with Crippen molar-refractivity contribution in [2.75, 3.05) is 5.32 Å². The Morgan fingerprint density at radius 2 is 1.93 bits per heavy atom. The van der Waals surface area contributed by atoms with Gasteiger partial charge in [0.05, 0.1) is 15.5 Å². The summed E-state index contributed by atoms with van der Waals surface area (Å²) in [6, 6.07) is 5.19. The molecule has 1 atom stereocenters. The van der Waals surface area contributed by atoms with E-state index in [9.17, 15) is 32.5 Å². The molecule has 2 rings (SSSR count). The Hall–Kier alpha value is -2.88. The minimum atomic E-state index is -4.72. The summed E-state index contributed by atoms with van der Waals surface area (Å²) in [5, 5.41) is 12.6. The average Bonchev–Trinajstić information content (AvgIpc) is 2.55. The SMILES string of the molecule is C[C@@H](Oc1cc(F)ccc1[N+](=O)[O-])C(=O)Nc1ccc(Cl)c(C(F)(F)F)c1. The number of nitro benzene ring substituents is 1. The lowest BCUT2D eigenvalue weighted by molar-refractivity contribution is -0.386. The minimum absolute atomic E-state index is 0.207. The van der Waals surface area contributed by atoms with Crippen LogP contribution in [0.2, 0.25) is 5.02 Å². The monoisotopic (exact) mass is 406 g/mol. The molecule has 0 aliphatic carbocycles. The molecule has 144 valence electrons. The van der Waals surface area contributed by atoms with Gasteiger partial charge in [0.25, 0.3) is 5.91 Å². The molecule has 6 nitrogen and oxygen atoms in total. The fourth-order valence-corrected chi connectivity index (χ4v) is 2.27. The van der Waals surface area contributed by atoms with Gasteiger partial charge in [0.2, 0.25) is 5.75 Å². The average molecular weight is 407 g/mol. The lowest BCUT2D eigenvalue weighted by Gasteiger charge is -2.16. The first-order valence-electron chi connectivity index (χ1n) is 7.27. The molecule has 2 aromatic rings. The van der Waals surface area contributed by atoms with Crippen LogP contribution < -0.4 is 10.1 Å². The van der Waals surface area contributed by atoms with Crippen molar-refractivity contribution in [1.29, 1.82) is 0 Å². The van der Waals surface area contributed by atoms with Gasteiger partial charge < -0.3 is 10.1 Å². The maximum atomic E-state index is 13.3. The second kappa shape index (κ2) is 7.78. The summed E-state index contributed by atoms with van der Waals surface area (Å²) >= 11 is 5.49. The highest BCUT2D eigenvalue weighted by Crippen LogP contribution is 2.36. The van der Waals surface area contributed by atoms with Gasteiger partial charge in [-0.1, -0.05) is 11.6 Å². The molecule has 1 amide bonds. The van der Waals surface area contributed by atoms with Crippen molar-refractivity contribution in [3.63, 3.8) is 0 Å². The topological polar surface area (TPSA) is 81.5 Å². The van der Waals surface area contributed by atoms with E-state index in [0.29, 0.717) is 6.07 Å². The number of hydrogen-bond acceptors (Lipinski definition) is 4. The van der Waals surface area contributed by atoms with Crippen LogP contribution >= 0.6 is 11.6 Å². The summed E-state index contributed by atoms with van der Waals surface area (Å²) in [5.41, 5.74) is -1.92. The van der Waals surface area contributed by atoms with E-state index in [1.807, 2.05) is 0 Å². The van der Waals surface area contributed by atoms with E-state index in [-0.39, 0.29) is 5.69 Å². The van der Waals surface area contributed by atoms with Crippen molar-refractivity contribution < 1.29 is 32.0 Å². The van der Waals surface area contributed by atoms with E-state index >= 15 is 0 Å². The van der Waals surface area contributed by atoms with Crippen molar-refractivity contribution in [1.82, 2.24) is 0 Å². The zero-order valence-electron chi connectivity index (χ0n) is 13.5. The molecule has 0 radical (unpaired) electrons. The van der Waals surface area contributed by atoms with Crippen LogP contribution in [-0.4, -0.2) is 16.9 Å². The molecule has 0 fully saturated rings. The molecule has 0 spiro atoms. The minimum Gasteiger partial charge on any atom is -0.474 e. The molecular formula is C16H11ClF4N2O4. The third-order valence-corrected chi connectivity index (χ3v) is 3.66. The molecule has 0 aromatic heterocycles. The van der Waals surface area contributed by atoms with Crippen LogP contribution in [0.15, 0.2) is 36.4 Å². The predicted octanol–water partition coefficient (Wildman–Crippen LogP) is 4.81. The number of alkyl halides is 3. The number of halogens is 5. The molecule has 0 heterocycles. The summed E-state index contributed by atoms with van der Waals surface area (Å²) in [6.45, 7) is 1.20. The molecule has 0 aliphatic heterocycles.